The number of nitrogens with zero attached hydrogens (tertiary/aromatic N) is 5. The minimum Gasteiger partial charge on any atom is -0.449 e. The highest BCUT2D eigenvalue weighted by atomic mass is 32.1. The molecule has 0 aromatic carbocycles. The minimum absolute atomic E-state index is 0.0376. The van der Waals surface area contributed by atoms with E-state index in [1.165, 1.54) is 32.1 Å². The normalized spacial score (nSPS) is 24.3. The van der Waals surface area contributed by atoms with Crippen molar-refractivity contribution in [1.29, 1.82) is 0 Å². The van der Waals surface area contributed by atoms with Crippen LogP contribution in [0.2, 0.25) is 26.3 Å². The van der Waals surface area contributed by atoms with Crippen molar-refractivity contribution in [2.24, 2.45) is 28.9 Å². The molecule has 8 fully saturated rings. The van der Waals surface area contributed by atoms with Gasteiger partial charge in [0, 0.05) is 61.5 Å². The van der Waals surface area contributed by atoms with E-state index in [-0.39, 0.29) is 92.7 Å². The molecule has 36 heteroatoms. The van der Waals surface area contributed by atoms with Crippen LogP contribution in [0.1, 0.15) is 175 Å². The van der Waals surface area contributed by atoms with Crippen LogP contribution in [0.15, 0.2) is 0 Å². The molecule has 8 rings (SSSR count). The smallest absolute Gasteiger partial charge is 0.449 e. The van der Waals surface area contributed by atoms with Gasteiger partial charge in [-0.3, -0.25) is 0 Å². The summed E-state index contributed by atoms with van der Waals surface area (Å²) in [6.45, 7) is 19.0. The maximum atomic E-state index is 9.69. The van der Waals surface area contributed by atoms with Gasteiger partial charge < -0.3 is 103 Å². The maximum Gasteiger partial charge on any atom is 0.475 e. The molecule has 12 atom stereocenters. The second-order valence-electron chi connectivity index (χ2n) is 25.9. The first kappa shape index (κ1) is 90.1. The van der Waals surface area contributed by atoms with Crippen molar-refractivity contribution in [2.75, 3.05) is 45.8 Å². The van der Waals surface area contributed by atoms with Crippen LogP contribution in [-0.4, -0.2) is 266 Å². The first-order valence-electron chi connectivity index (χ1n) is 34.1. The van der Waals surface area contributed by atoms with E-state index in [2.05, 4.69) is 32.3 Å². The monoisotopic (exact) mass is 1430 g/mol. The quantitative estimate of drug-likeness (QED) is 0.0682. The Hall–Kier alpha value is -1.91. The number of nitrogens with two attached hydrogens (primary N) is 4. The molecular weight excluding hydrogens is 1320 g/mol. The first-order chi connectivity index (χ1) is 44.4. The van der Waals surface area contributed by atoms with Gasteiger partial charge in [0.1, 0.15) is 0 Å². The lowest BCUT2D eigenvalue weighted by molar-refractivity contribution is -0.193. The van der Waals surface area contributed by atoms with E-state index in [0.717, 1.165) is 180 Å². The summed E-state index contributed by atoms with van der Waals surface area (Å²) in [6.07, 6.45) is 24.5. The van der Waals surface area contributed by atoms with Crippen LogP contribution in [0.4, 0.5) is 0 Å². The molecule has 24 nitrogen and oxygen atoms in total. The lowest BCUT2D eigenvalue weighted by Crippen LogP contribution is -2.52. The Bertz CT molecular complexity index is 2270. The van der Waals surface area contributed by atoms with Crippen LogP contribution in [-0.2, 0) is 19.2 Å². The molecule has 0 aromatic heterocycles. The van der Waals surface area contributed by atoms with E-state index in [4.69, 9.17) is 125 Å². The van der Waals surface area contributed by atoms with Crippen molar-refractivity contribution < 1.29 is 64.4 Å². The molecule has 532 valence electrons. The Balaban J connectivity index is 0.000000556. The molecule has 94 heavy (non-hydrogen) atoms. The molecular formula is C58H113B6N11O13S6. The zero-order valence-corrected chi connectivity index (χ0v) is 61.7. The van der Waals surface area contributed by atoms with Gasteiger partial charge >= 0.3 is 54.4 Å². The van der Waals surface area contributed by atoms with Gasteiger partial charge in [-0.25, -0.2) is 0 Å². The first-order valence-corrected chi connectivity index (χ1v) is 36.5. The fraction of sp³-hybridized carbons (Fsp3) is 0.862. The summed E-state index contributed by atoms with van der Waals surface area (Å²) in [6, 6.07) is 0.332. The average Bonchev–Trinajstić information content (AvgIpc) is 1.78. The van der Waals surface area contributed by atoms with E-state index >= 15 is 0 Å². The molecule has 0 radical (unpaired) electrons. The number of likely N-dealkylation sites (tertiary alicyclic amines) is 5. The highest BCUT2D eigenvalue weighted by Crippen LogP contribution is 2.30. The molecule has 1 aliphatic carbocycles. The fourth-order valence-electron chi connectivity index (χ4n) is 13.3. The summed E-state index contributed by atoms with van der Waals surface area (Å²) in [5, 5.41) is 90.4. The molecule has 0 aromatic rings. The van der Waals surface area contributed by atoms with Crippen molar-refractivity contribution >= 4 is 158 Å². The lowest BCUT2D eigenvalue weighted by Gasteiger charge is -2.34. The molecule has 0 amide bonds. The van der Waals surface area contributed by atoms with E-state index < -0.39 is 21.4 Å². The van der Waals surface area contributed by atoms with E-state index in [0.29, 0.717) is 29.4 Å². The van der Waals surface area contributed by atoms with Crippen molar-refractivity contribution in [3.8, 4) is 0 Å². The highest BCUT2D eigenvalue weighted by Gasteiger charge is 2.41. The van der Waals surface area contributed by atoms with Crippen LogP contribution in [0, 0.1) is 5.92 Å². The second kappa shape index (κ2) is 49.6. The molecule has 19 N–H and O–H groups in total. The number of hydrogen-bond acceptors (Lipinski definition) is 25. The standard InChI is InChI=1S/C12H23BN2O2S.C10H19BN2OS.C9H19BN2O2S.C9H19BN2OS.C8H17BN2OS.C8H16BNO2S.2CO2/c14-11(9-5-2-1-3-6-9)12(18)15-8-4-7-10(15)13(16)17;1-11(14)9-5-3-7-13(9)10(15)8-4-2-6-12-8;1-2-4-7(11)9(15)12-6-3-5-8(12)10(13)14;1-3-7(11)9(14)12-6-4-5-8(12)10(2)13;1-6(10)8(13)11-5-3-4-7(11)9(2)12;1-6(9(11)12)5-8(13)7-3-2-4-10-7;2*2-1-3/h9-11,16-17H,1-8,14H2;8-9,12,14H,2-7H2,1H3;7-8,13-14H,2-6,11H2,1H3;7-8,13H,3-6,11H2,1-2H3;6-7,12H,3-5,10H2,1-2H3;6-7,10-12H,2-5H2,1H3;;/t10-,11?;8-,9-;2*7-,8-;6-,7-;6-,7+;;/m000001../s1. The van der Waals surface area contributed by atoms with Gasteiger partial charge in [0.15, 0.2) is 0 Å². The molecule has 7 saturated heterocycles. The van der Waals surface area contributed by atoms with Gasteiger partial charge in [-0.1, -0.05) is 140 Å². The van der Waals surface area contributed by atoms with Gasteiger partial charge in [-0.05, 0) is 154 Å². The summed E-state index contributed by atoms with van der Waals surface area (Å²) in [5.41, 5.74) is 23.8. The van der Waals surface area contributed by atoms with Gasteiger partial charge in [-0.2, -0.15) is 19.2 Å². The SMILES string of the molecule is CB(O)[C@@H]1CCCN1C(=S)[C@@H]1CCCN1.CB(O)[C@@H]1CCCN1C(=S)[C@H](C)N.CCC[C@H](N)C(=S)N1CCC[C@H]1B(O)O.CC[C@H](N)C(=S)N1CCC[C@H]1B(C)O.C[C@H](CC(=S)[C@@H]1CCCN1)B(O)O.NC(C(=S)N1CCC[C@H]1B(O)O)C1CCCCC1.O=C=O.O=C=O. The third kappa shape index (κ3) is 31.3. The zero-order chi connectivity index (χ0) is 71.4. The predicted octanol–water partition coefficient (Wildman–Crippen LogP) is 1.44. The third-order valence-electron chi connectivity index (χ3n) is 18.6. The van der Waals surface area contributed by atoms with Gasteiger partial charge in [0.05, 0.1) is 67.0 Å². The van der Waals surface area contributed by atoms with Crippen LogP contribution < -0.4 is 33.6 Å². The zero-order valence-electron chi connectivity index (χ0n) is 56.8. The number of thiocarbonyl (C=S) groups is 6. The topological polar surface area (TPSA) is 395 Å². The van der Waals surface area contributed by atoms with Crippen LogP contribution in [0.3, 0.4) is 0 Å². The van der Waals surface area contributed by atoms with Crippen LogP contribution >= 0.6 is 73.3 Å². The molecule has 8 aliphatic rings. The van der Waals surface area contributed by atoms with Gasteiger partial charge in [0.25, 0.3) is 0 Å². The molecule has 1 saturated carbocycles. The van der Waals surface area contributed by atoms with Crippen molar-refractivity contribution in [3.05, 3.63) is 0 Å². The summed E-state index contributed by atoms with van der Waals surface area (Å²) >= 11 is 32.1. The van der Waals surface area contributed by atoms with E-state index in [9.17, 15) is 35.2 Å². The van der Waals surface area contributed by atoms with Crippen molar-refractivity contribution in [1.82, 2.24) is 35.1 Å². The average molecular weight is 1430 g/mol. The molecule has 1 unspecified atom stereocenters. The summed E-state index contributed by atoms with van der Waals surface area (Å²) in [7, 11) is -3.89. The van der Waals surface area contributed by atoms with Crippen LogP contribution in [0.25, 0.3) is 0 Å². The third-order valence-corrected chi connectivity index (χ3v) is 21.8. The summed E-state index contributed by atoms with van der Waals surface area (Å²) < 4.78 is 0. The van der Waals surface area contributed by atoms with E-state index in [1.54, 1.807) is 6.92 Å². The van der Waals surface area contributed by atoms with Crippen molar-refractivity contribution in [3.63, 3.8) is 0 Å². The number of rotatable bonds is 18. The predicted molar refractivity (Wildman–Crippen MR) is 402 cm³/mol. The molecule has 7 aliphatic heterocycles. The minimum atomic E-state index is -1.32. The number of hydrogen-bond donors (Lipinski definition) is 15. The Morgan fingerprint density at radius 2 is 0.840 bits per heavy atom. The Morgan fingerprint density at radius 1 is 0.479 bits per heavy atom. The summed E-state index contributed by atoms with van der Waals surface area (Å²) in [4.78, 5) is 47.7. The van der Waals surface area contributed by atoms with Crippen molar-refractivity contribution in [2.45, 2.75) is 268 Å². The summed E-state index contributed by atoms with van der Waals surface area (Å²) in [5.74, 6) is 0.407. The molecule has 0 spiro atoms. The Kier molecular flexibility index (Phi) is 47.5. The van der Waals surface area contributed by atoms with Crippen LogP contribution in [0.5, 0.6) is 0 Å². The Labute approximate surface area is 595 Å². The number of nitrogens with one attached hydrogen (secondary N) is 2. The largest absolute Gasteiger partial charge is 0.475 e. The Morgan fingerprint density at radius 3 is 1.20 bits per heavy atom. The molecule has 7 heterocycles. The molecule has 0 bridgehead atoms. The number of carbonyl (C=O) groups excluding carboxylic acids is 4. The van der Waals surface area contributed by atoms with Gasteiger partial charge in [0.2, 0.25) is 0 Å². The maximum absolute atomic E-state index is 9.69. The fourth-order valence-corrected chi connectivity index (χ4v) is 15.5. The van der Waals surface area contributed by atoms with E-state index in [1.807, 2.05) is 44.1 Å². The van der Waals surface area contributed by atoms with Gasteiger partial charge in [-0.15, -0.1) is 0 Å². The lowest BCUT2D eigenvalue weighted by atomic mass is 9.62. The second-order valence-corrected chi connectivity index (χ2v) is 28.5. The highest BCUT2D eigenvalue weighted by molar-refractivity contribution is 7.81.